The smallest absolute Gasteiger partial charge is 0.233 e. The highest BCUT2D eigenvalue weighted by atomic mass is 16.3. The molecule has 0 heterocycles. The fourth-order valence-corrected chi connectivity index (χ4v) is 1.61. The Morgan fingerprint density at radius 2 is 1.26 bits per heavy atom. The Morgan fingerprint density at radius 3 is 1.68 bits per heavy atom. The van der Waals surface area contributed by atoms with Gasteiger partial charge in [0.05, 0.1) is 6.10 Å². The molecule has 0 fully saturated rings. The highest BCUT2D eigenvalue weighted by Gasteiger charge is 1.98. The van der Waals surface area contributed by atoms with Crippen molar-refractivity contribution in [3.8, 4) is 11.8 Å². The van der Waals surface area contributed by atoms with E-state index in [9.17, 15) is 9.90 Å². The third-order valence-electron chi connectivity index (χ3n) is 2.75. The third kappa shape index (κ3) is 3.54. The van der Waals surface area contributed by atoms with Crippen molar-refractivity contribution >= 4 is 6.29 Å². The molecule has 0 bridgehead atoms. The molecule has 0 aliphatic rings. The fourth-order valence-electron chi connectivity index (χ4n) is 1.61. The fraction of sp³-hybridized carbons (Fsp3) is 0.118. The van der Waals surface area contributed by atoms with Crippen molar-refractivity contribution in [1.82, 2.24) is 0 Å². The number of rotatable bonds is 2. The summed E-state index contributed by atoms with van der Waals surface area (Å²) in [5.74, 6) is 6.05. The first-order valence-electron chi connectivity index (χ1n) is 5.97. The molecule has 2 aromatic rings. The molecule has 2 aromatic carbocycles. The molecule has 1 radical (unpaired) electrons. The van der Waals surface area contributed by atoms with E-state index in [1.165, 1.54) is 0 Å². The molecule has 2 rings (SSSR count). The number of aliphatic hydroxyl groups is 1. The summed E-state index contributed by atoms with van der Waals surface area (Å²) in [6, 6.07) is 14.4. The molecule has 1 atom stereocenters. The maximum Gasteiger partial charge on any atom is 0.233 e. The second-order valence-corrected chi connectivity index (χ2v) is 4.23. The predicted octanol–water partition coefficient (Wildman–Crippen LogP) is 2.60. The van der Waals surface area contributed by atoms with Crippen LogP contribution in [0.3, 0.4) is 0 Å². The van der Waals surface area contributed by atoms with Crippen LogP contribution in [0.15, 0.2) is 48.5 Å². The molecule has 0 spiro atoms. The van der Waals surface area contributed by atoms with E-state index in [0.717, 1.165) is 16.7 Å². The molecule has 1 N–H and O–H groups in total. The van der Waals surface area contributed by atoms with E-state index >= 15 is 0 Å². The first-order valence-corrected chi connectivity index (χ1v) is 5.97. The van der Waals surface area contributed by atoms with Crippen LogP contribution in [0.2, 0.25) is 0 Å². The maximum atomic E-state index is 10.4. The van der Waals surface area contributed by atoms with E-state index in [1.54, 1.807) is 31.2 Å². The molecule has 0 aliphatic heterocycles. The lowest BCUT2D eigenvalue weighted by Crippen LogP contribution is -1.89. The Balaban J connectivity index is 2.16. The van der Waals surface area contributed by atoms with Crippen molar-refractivity contribution in [2.45, 2.75) is 13.0 Å². The lowest BCUT2D eigenvalue weighted by molar-refractivity contribution is 0.199. The number of aliphatic hydroxyl groups excluding tert-OH is 1. The molecule has 0 saturated heterocycles. The topological polar surface area (TPSA) is 37.3 Å². The lowest BCUT2D eigenvalue weighted by Gasteiger charge is -2.02. The zero-order valence-corrected chi connectivity index (χ0v) is 10.6. The highest BCUT2D eigenvalue weighted by Crippen LogP contribution is 2.12. The van der Waals surface area contributed by atoms with Gasteiger partial charge in [-0.3, -0.25) is 4.79 Å². The van der Waals surface area contributed by atoms with Gasteiger partial charge in [0.15, 0.2) is 0 Å². The van der Waals surface area contributed by atoms with E-state index < -0.39 is 6.10 Å². The molecule has 0 amide bonds. The van der Waals surface area contributed by atoms with Gasteiger partial charge in [-0.05, 0) is 48.9 Å². The minimum Gasteiger partial charge on any atom is -0.389 e. The summed E-state index contributed by atoms with van der Waals surface area (Å²) in [5, 5.41) is 9.40. The minimum atomic E-state index is -0.464. The maximum absolute atomic E-state index is 10.4. The van der Waals surface area contributed by atoms with Crippen LogP contribution in [0.5, 0.6) is 0 Å². The minimum absolute atomic E-state index is 0.464. The monoisotopic (exact) mass is 249 g/mol. The van der Waals surface area contributed by atoms with Crippen LogP contribution >= 0.6 is 0 Å². The van der Waals surface area contributed by atoms with Crippen molar-refractivity contribution in [3.05, 3.63) is 70.8 Å². The van der Waals surface area contributed by atoms with Gasteiger partial charge in [0, 0.05) is 16.7 Å². The van der Waals surface area contributed by atoms with Crippen molar-refractivity contribution in [3.63, 3.8) is 0 Å². The number of benzene rings is 2. The van der Waals surface area contributed by atoms with E-state index in [2.05, 4.69) is 11.8 Å². The quantitative estimate of drug-likeness (QED) is 0.831. The molecular weight excluding hydrogens is 236 g/mol. The summed E-state index contributed by atoms with van der Waals surface area (Å²) >= 11 is 0. The molecule has 2 nitrogen and oxygen atoms in total. The standard InChI is InChI=1S/C17H13O2/c1-13(19)17-10-8-15(9-11-17)3-2-14-4-6-16(12-18)7-5-14/h4-11,13,19H,1H3/t13-/m1/s1. The van der Waals surface area contributed by atoms with Gasteiger partial charge in [0.1, 0.15) is 0 Å². The molecule has 19 heavy (non-hydrogen) atoms. The Labute approximate surface area is 112 Å². The highest BCUT2D eigenvalue weighted by molar-refractivity contribution is 5.75. The lowest BCUT2D eigenvalue weighted by atomic mass is 10.1. The Morgan fingerprint density at radius 1 is 0.842 bits per heavy atom. The van der Waals surface area contributed by atoms with Gasteiger partial charge < -0.3 is 5.11 Å². The Kier molecular flexibility index (Phi) is 4.12. The second kappa shape index (κ2) is 5.99. The molecule has 0 aliphatic carbocycles. The van der Waals surface area contributed by atoms with Crippen molar-refractivity contribution in [2.24, 2.45) is 0 Å². The van der Waals surface area contributed by atoms with Gasteiger partial charge in [0.2, 0.25) is 6.29 Å². The summed E-state index contributed by atoms with van der Waals surface area (Å²) < 4.78 is 0. The Hall–Kier alpha value is -2.37. The molecule has 0 unspecified atom stereocenters. The van der Waals surface area contributed by atoms with Gasteiger partial charge in [-0.1, -0.05) is 24.0 Å². The van der Waals surface area contributed by atoms with Crippen molar-refractivity contribution in [2.75, 3.05) is 0 Å². The molecule has 0 saturated carbocycles. The zero-order chi connectivity index (χ0) is 13.7. The van der Waals surface area contributed by atoms with Crippen LogP contribution in [0.25, 0.3) is 0 Å². The van der Waals surface area contributed by atoms with Gasteiger partial charge in [-0.25, -0.2) is 0 Å². The predicted molar refractivity (Wildman–Crippen MR) is 74.3 cm³/mol. The summed E-state index contributed by atoms with van der Waals surface area (Å²) in [6.07, 6.45) is 1.36. The van der Waals surface area contributed by atoms with Gasteiger partial charge in [0.25, 0.3) is 0 Å². The molecule has 0 aromatic heterocycles. The van der Waals surface area contributed by atoms with E-state index in [1.807, 2.05) is 30.6 Å². The second-order valence-electron chi connectivity index (χ2n) is 4.23. The van der Waals surface area contributed by atoms with E-state index in [0.29, 0.717) is 5.56 Å². The zero-order valence-electron chi connectivity index (χ0n) is 10.6. The average molecular weight is 249 g/mol. The normalized spacial score (nSPS) is 11.3. The SMILES string of the molecule is C[C@@H](O)c1ccc(C#Cc2ccc([C]=O)cc2)cc1. The summed E-state index contributed by atoms with van der Waals surface area (Å²) in [6.45, 7) is 1.73. The number of carbonyl (C=O) groups excluding carboxylic acids is 1. The molecular formula is C17H13O2. The first-order chi connectivity index (χ1) is 9.19. The van der Waals surface area contributed by atoms with Crippen molar-refractivity contribution < 1.29 is 9.90 Å². The summed E-state index contributed by atoms with van der Waals surface area (Å²) in [5.41, 5.74) is 3.12. The van der Waals surface area contributed by atoms with Gasteiger partial charge in [-0.15, -0.1) is 0 Å². The average Bonchev–Trinajstić information content (AvgIpc) is 2.46. The Bertz CT molecular complexity index is 611. The molecule has 2 heteroatoms. The largest absolute Gasteiger partial charge is 0.389 e. The van der Waals surface area contributed by atoms with Crippen molar-refractivity contribution in [1.29, 1.82) is 0 Å². The first kappa shape index (κ1) is 13.1. The van der Waals surface area contributed by atoms with E-state index in [-0.39, 0.29) is 0 Å². The number of hydrogen-bond acceptors (Lipinski definition) is 2. The van der Waals surface area contributed by atoms with Crippen LogP contribution < -0.4 is 0 Å². The van der Waals surface area contributed by atoms with Crippen LogP contribution in [0, 0.1) is 11.8 Å². The van der Waals surface area contributed by atoms with Crippen LogP contribution in [-0.2, 0) is 4.79 Å². The van der Waals surface area contributed by atoms with E-state index in [4.69, 9.17) is 0 Å². The van der Waals surface area contributed by atoms with Crippen LogP contribution in [0.4, 0.5) is 0 Å². The summed E-state index contributed by atoms with van der Waals surface area (Å²) in [7, 11) is 0. The van der Waals surface area contributed by atoms with Crippen LogP contribution in [0.1, 0.15) is 35.3 Å². The van der Waals surface area contributed by atoms with Gasteiger partial charge >= 0.3 is 0 Å². The third-order valence-corrected chi connectivity index (χ3v) is 2.75. The van der Waals surface area contributed by atoms with Crippen LogP contribution in [-0.4, -0.2) is 11.4 Å². The summed E-state index contributed by atoms with van der Waals surface area (Å²) in [4.78, 5) is 10.4. The van der Waals surface area contributed by atoms with Gasteiger partial charge in [-0.2, -0.15) is 0 Å². The molecule has 93 valence electrons. The number of hydrogen-bond donors (Lipinski definition) is 1.